The largest absolute Gasteiger partial charge is 0.501 e. The van der Waals surface area contributed by atoms with Gasteiger partial charge in [-0.25, -0.2) is 0 Å². The predicted molar refractivity (Wildman–Crippen MR) is 168 cm³/mol. The number of aromatic nitrogens is 2. The van der Waals surface area contributed by atoms with Crippen molar-refractivity contribution in [2.45, 2.75) is 51.2 Å². The Balaban J connectivity index is 0.000000168. The van der Waals surface area contributed by atoms with Crippen molar-refractivity contribution in [2.75, 3.05) is 0 Å². The molecule has 0 unspecified atom stereocenters. The second-order valence-corrected chi connectivity index (χ2v) is 16.6. The predicted octanol–water partition coefficient (Wildman–Crippen LogP) is 9.20. The van der Waals surface area contributed by atoms with E-state index in [0.29, 0.717) is 0 Å². The van der Waals surface area contributed by atoms with Crippen molar-refractivity contribution >= 4 is 35.2 Å². The van der Waals surface area contributed by atoms with Crippen molar-refractivity contribution in [3.05, 3.63) is 115 Å². The molecule has 0 bridgehead atoms. The molecule has 1 fully saturated rings. The first-order chi connectivity index (χ1) is 19.5. The van der Waals surface area contributed by atoms with E-state index < -0.39 is 8.07 Å². The van der Waals surface area contributed by atoms with Gasteiger partial charge in [0.05, 0.1) is 13.7 Å². The van der Waals surface area contributed by atoms with Crippen LogP contribution in [0.15, 0.2) is 102 Å². The molecular formula is C36H34IrN2OSi-2. The molecule has 3 nitrogen and oxygen atoms in total. The SMILES string of the molecule is C[Si](C)(C)c1cccc2c1oc1c(-c3ccccn3)[c-]ccc12.[Ir].[c-]1ccccc1-c1ccc(C2CCCC2)cn1. The number of hydrogen-bond donors (Lipinski definition) is 0. The van der Waals surface area contributed by atoms with Crippen LogP contribution in [0.1, 0.15) is 37.2 Å². The van der Waals surface area contributed by atoms with Crippen LogP contribution in [-0.4, -0.2) is 18.0 Å². The minimum atomic E-state index is -1.48. The van der Waals surface area contributed by atoms with Gasteiger partial charge >= 0.3 is 0 Å². The van der Waals surface area contributed by atoms with E-state index in [0.717, 1.165) is 45.0 Å². The van der Waals surface area contributed by atoms with Gasteiger partial charge in [-0.05, 0) is 47.0 Å². The molecular weight excluding hydrogens is 697 g/mol. The normalized spacial score (nSPS) is 13.5. The van der Waals surface area contributed by atoms with Gasteiger partial charge in [-0.2, -0.15) is 0 Å². The maximum Gasteiger partial charge on any atom is 0.120 e. The van der Waals surface area contributed by atoms with Crippen LogP contribution in [0.2, 0.25) is 19.6 Å². The van der Waals surface area contributed by atoms with Crippen molar-refractivity contribution in [2.24, 2.45) is 0 Å². The monoisotopic (exact) mass is 731 g/mol. The quantitative estimate of drug-likeness (QED) is 0.134. The fourth-order valence-corrected chi connectivity index (χ4v) is 7.14. The number of benzene rings is 3. The molecule has 1 aliphatic carbocycles. The summed E-state index contributed by atoms with van der Waals surface area (Å²) in [5, 5.41) is 3.68. The molecule has 0 saturated heterocycles. The molecule has 1 saturated carbocycles. The number of para-hydroxylation sites is 1. The van der Waals surface area contributed by atoms with E-state index >= 15 is 0 Å². The summed E-state index contributed by atoms with van der Waals surface area (Å²) >= 11 is 0. The Labute approximate surface area is 257 Å². The number of nitrogens with zero attached hydrogens (tertiary/aromatic N) is 2. The molecule has 1 aliphatic rings. The number of pyridine rings is 2. The maximum atomic E-state index is 6.36. The molecule has 0 spiro atoms. The molecule has 0 atom stereocenters. The van der Waals surface area contributed by atoms with Crippen LogP contribution < -0.4 is 5.19 Å². The summed E-state index contributed by atoms with van der Waals surface area (Å²) in [4.78, 5) is 9.02. The minimum absolute atomic E-state index is 0. The van der Waals surface area contributed by atoms with Crippen LogP contribution in [0.5, 0.6) is 0 Å². The summed E-state index contributed by atoms with van der Waals surface area (Å²) in [6.07, 6.45) is 9.26. The smallest absolute Gasteiger partial charge is 0.120 e. The molecule has 5 heteroatoms. The standard InChI is InChI=1S/C20H18NOSi.C16H16N.Ir/c1-23(2,3)18-12-7-9-15-14-8-6-10-16(19(14)22-20(15)18)17-11-4-5-13-21-17;1-2-8-14(9-3-1)16-11-10-15(12-17-16)13-6-4-5-7-13;/h4-9,11-13H,1-3H3;1-3,8,10-13H,4-7H2;/q2*-1;. The van der Waals surface area contributed by atoms with Crippen molar-refractivity contribution in [1.29, 1.82) is 0 Å². The van der Waals surface area contributed by atoms with E-state index in [-0.39, 0.29) is 20.1 Å². The van der Waals surface area contributed by atoms with Crippen molar-refractivity contribution < 1.29 is 24.5 Å². The van der Waals surface area contributed by atoms with Crippen molar-refractivity contribution in [1.82, 2.24) is 9.97 Å². The summed E-state index contributed by atoms with van der Waals surface area (Å²) in [7, 11) is -1.48. The zero-order valence-corrected chi connectivity index (χ0v) is 27.2. The number of furan rings is 1. The first-order valence-electron chi connectivity index (χ1n) is 14.2. The van der Waals surface area contributed by atoms with E-state index in [2.05, 4.69) is 84.2 Å². The number of rotatable bonds is 4. The van der Waals surface area contributed by atoms with Crippen LogP contribution in [-0.2, 0) is 20.1 Å². The number of fused-ring (bicyclic) bond motifs is 3. The summed E-state index contributed by atoms with van der Waals surface area (Å²) in [5.41, 5.74) is 7.23. The third kappa shape index (κ3) is 6.28. The fourth-order valence-electron chi connectivity index (χ4n) is 5.67. The van der Waals surface area contributed by atoms with Gasteiger partial charge < -0.3 is 14.4 Å². The average molecular weight is 731 g/mol. The van der Waals surface area contributed by atoms with Crippen LogP contribution >= 0.6 is 0 Å². The van der Waals surface area contributed by atoms with E-state index in [1.807, 2.05) is 48.7 Å². The topological polar surface area (TPSA) is 38.9 Å². The minimum Gasteiger partial charge on any atom is -0.501 e. The Bertz CT molecular complexity index is 1720. The van der Waals surface area contributed by atoms with Gasteiger partial charge in [0.15, 0.2) is 0 Å². The first-order valence-corrected chi connectivity index (χ1v) is 17.7. The second-order valence-electron chi connectivity index (χ2n) is 11.6. The van der Waals surface area contributed by atoms with Crippen LogP contribution in [0.3, 0.4) is 0 Å². The molecule has 3 heterocycles. The van der Waals surface area contributed by atoms with Crippen molar-refractivity contribution in [3.8, 4) is 22.5 Å². The van der Waals surface area contributed by atoms with Gasteiger partial charge in [0.25, 0.3) is 0 Å². The number of hydrogen-bond acceptors (Lipinski definition) is 3. The second kappa shape index (κ2) is 12.6. The Morgan fingerprint density at radius 1 is 0.732 bits per heavy atom. The van der Waals surface area contributed by atoms with E-state index in [9.17, 15) is 0 Å². The summed E-state index contributed by atoms with van der Waals surface area (Å²) < 4.78 is 6.36. The maximum absolute atomic E-state index is 6.36. The van der Waals surface area contributed by atoms with Crippen LogP contribution in [0.4, 0.5) is 0 Å². The Kier molecular flexibility index (Phi) is 8.99. The molecule has 0 amide bonds. The molecule has 41 heavy (non-hydrogen) atoms. The molecule has 209 valence electrons. The average Bonchev–Trinajstić information content (AvgIpc) is 3.67. The first kappa shape index (κ1) is 29.1. The van der Waals surface area contributed by atoms with Gasteiger partial charge in [0.2, 0.25) is 0 Å². The molecule has 3 aromatic carbocycles. The molecule has 0 N–H and O–H groups in total. The van der Waals surface area contributed by atoms with Gasteiger partial charge in [-0.15, -0.1) is 54.1 Å². The summed E-state index contributed by atoms with van der Waals surface area (Å²) in [5.74, 6) is 0.747. The van der Waals surface area contributed by atoms with Gasteiger partial charge in [-0.1, -0.05) is 85.9 Å². The Morgan fingerprint density at radius 2 is 1.54 bits per heavy atom. The molecule has 0 aliphatic heterocycles. The molecule has 1 radical (unpaired) electrons. The fraction of sp³-hybridized carbons (Fsp3) is 0.222. The summed E-state index contributed by atoms with van der Waals surface area (Å²) in [6.45, 7) is 7.04. The van der Waals surface area contributed by atoms with Gasteiger partial charge in [0, 0.05) is 37.9 Å². The van der Waals surface area contributed by atoms with E-state index in [1.165, 1.54) is 41.8 Å². The Hall–Kier alpha value is -3.37. The van der Waals surface area contributed by atoms with Crippen LogP contribution in [0.25, 0.3) is 44.5 Å². The molecule has 3 aromatic heterocycles. The van der Waals surface area contributed by atoms with E-state index in [4.69, 9.17) is 4.42 Å². The van der Waals surface area contributed by atoms with Crippen LogP contribution in [0, 0.1) is 12.1 Å². The Morgan fingerprint density at radius 3 is 2.22 bits per heavy atom. The third-order valence-electron chi connectivity index (χ3n) is 7.79. The van der Waals surface area contributed by atoms with Crippen molar-refractivity contribution in [3.63, 3.8) is 0 Å². The zero-order chi connectivity index (χ0) is 27.5. The molecule has 6 aromatic rings. The van der Waals surface area contributed by atoms with E-state index in [1.54, 1.807) is 6.20 Å². The zero-order valence-electron chi connectivity index (χ0n) is 23.8. The third-order valence-corrected chi connectivity index (χ3v) is 9.80. The summed E-state index contributed by atoms with van der Waals surface area (Å²) in [6, 6.07) is 35.3. The molecule has 7 rings (SSSR count). The van der Waals surface area contributed by atoms with Gasteiger partial charge in [-0.3, -0.25) is 0 Å². The van der Waals surface area contributed by atoms with Gasteiger partial charge in [0.1, 0.15) is 5.58 Å².